The van der Waals surface area contributed by atoms with Crippen molar-refractivity contribution in [3.63, 3.8) is 0 Å². The highest BCUT2D eigenvalue weighted by molar-refractivity contribution is 8.00. The monoisotopic (exact) mass is 313 g/mol. The largest absolute Gasteiger partial charge is 0.478 e. The summed E-state index contributed by atoms with van der Waals surface area (Å²) in [7, 11) is 0. The van der Waals surface area contributed by atoms with Crippen LogP contribution in [0.1, 0.15) is 42.5 Å². The Morgan fingerprint density at radius 2 is 2.10 bits per heavy atom. The average Bonchev–Trinajstić information content (AvgIpc) is 2.47. The topological polar surface area (TPSA) is 49.3 Å². The minimum atomic E-state index is -0.952. The lowest BCUT2D eigenvalue weighted by Gasteiger charge is -2.36. The van der Waals surface area contributed by atoms with E-state index in [1.54, 1.807) is 12.1 Å². The molecule has 0 spiro atoms. The molecule has 1 saturated carbocycles. The number of hydrogen-bond acceptors (Lipinski definition) is 3. The molecule has 0 aromatic heterocycles. The molecule has 3 nitrogen and oxygen atoms in total. The number of carboxylic acids is 1. The molecule has 1 aliphatic rings. The first-order valence-electron chi connectivity index (χ1n) is 6.88. The summed E-state index contributed by atoms with van der Waals surface area (Å²) in [5.74, 6) is -0.952. The summed E-state index contributed by atoms with van der Waals surface area (Å²) in [5.41, 5.74) is 1.04. The van der Waals surface area contributed by atoms with Gasteiger partial charge in [0.25, 0.3) is 0 Å². The van der Waals surface area contributed by atoms with Crippen molar-refractivity contribution in [1.29, 1.82) is 0 Å². The van der Waals surface area contributed by atoms with Gasteiger partial charge in [0.15, 0.2) is 0 Å². The second kappa shape index (κ2) is 6.72. The van der Waals surface area contributed by atoms with Gasteiger partial charge in [-0.2, -0.15) is 11.8 Å². The van der Waals surface area contributed by atoms with E-state index < -0.39 is 5.97 Å². The Bertz CT molecular complexity index is 487. The zero-order valence-electron chi connectivity index (χ0n) is 11.6. The SMILES string of the molecule is CSC1(CNc2ccc(C(=O)O)cc2Cl)CCCCC1. The van der Waals surface area contributed by atoms with Crippen LogP contribution in [-0.4, -0.2) is 28.6 Å². The molecule has 110 valence electrons. The number of carbonyl (C=O) groups is 1. The van der Waals surface area contributed by atoms with Gasteiger partial charge in [-0.3, -0.25) is 0 Å². The van der Waals surface area contributed by atoms with Gasteiger partial charge < -0.3 is 10.4 Å². The van der Waals surface area contributed by atoms with Crippen LogP contribution in [-0.2, 0) is 0 Å². The maximum atomic E-state index is 10.9. The van der Waals surface area contributed by atoms with Gasteiger partial charge in [-0.1, -0.05) is 30.9 Å². The van der Waals surface area contributed by atoms with E-state index in [-0.39, 0.29) is 10.3 Å². The molecule has 2 N–H and O–H groups in total. The molecule has 0 unspecified atom stereocenters. The van der Waals surface area contributed by atoms with Crippen molar-refractivity contribution >= 4 is 35.0 Å². The number of anilines is 1. The predicted molar refractivity (Wildman–Crippen MR) is 86.2 cm³/mol. The summed E-state index contributed by atoms with van der Waals surface area (Å²) in [4.78, 5) is 10.9. The highest BCUT2D eigenvalue weighted by Crippen LogP contribution is 2.39. The van der Waals surface area contributed by atoms with Gasteiger partial charge in [-0.25, -0.2) is 4.79 Å². The first kappa shape index (κ1) is 15.5. The zero-order chi connectivity index (χ0) is 14.6. The summed E-state index contributed by atoms with van der Waals surface area (Å²) in [6.07, 6.45) is 8.53. The molecular formula is C15H20ClNO2S. The maximum Gasteiger partial charge on any atom is 0.335 e. The van der Waals surface area contributed by atoms with Crippen molar-refractivity contribution in [2.75, 3.05) is 18.1 Å². The molecule has 0 radical (unpaired) electrons. The van der Waals surface area contributed by atoms with E-state index in [1.807, 2.05) is 11.8 Å². The fraction of sp³-hybridized carbons (Fsp3) is 0.533. The number of halogens is 1. The van der Waals surface area contributed by atoms with Gasteiger partial charge >= 0.3 is 5.97 Å². The molecule has 1 aromatic carbocycles. The first-order chi connectivity index (χ1) is 9.56. The lowest BCUT2D eigenvalue weighted by Crippen LogP contribution is -2.35. The average molecular weight is 314 g/mol. The summed E-state index contributed by atoms with van der Waals surface area (Å²) >= 11 is 8.07. The maximum absolute atomic E-state index is 10.9. The molecule has 0 aliphatic heterocycles. The highest BCUT2D eigenvalue weighted by Gasteiger charge is 2.30. The zero-order valence-corrected chi connectivity index (χ0v) is 13.2. The third-order valence-corrected chi connectivity index (χ3v) is 5.75. The van der Waals surface area contributed by atoms with Crippen LogP contribution in [0.5, 0.6) is 0 Å². The molecule has 5 heteroatoms. The van der Waals surface area contributed by atoms with Gasteiger partial charge in [0.1, 0.15) is 0 Å². The molecule has 0 heterocycles. The van der Waals surface area contributed by atoms with Crippen molar-refractivity contribution in [3.8, 4) is 0 Å². The fourth-order valence-corrected chi connectivity index (χ4v) is 3.86. The molecule has 0 amide bonds. The summed E-state index contributed by atoms with van der Waals surface area (Å²) in [6, 6.07) is 4.84. The van der Waals surface area contributed by atoms with Crippen molar-refractivity contribution in [3.05, 3.63) is 28.8 Å². The molecule has 2 rings (SSSR count). The lowest BCUT2D eigenvalue weighted by molar-refractivity contribution is 0.0697. The molecular weight excluding hydrogens is 294 g/mol. The van der Waals surface area contributed by atoms with Crippen molar-refractivity contribution < 1.29 is 9.90 Å². The van der Waals surface area contributed by atoms with Crippen molar-refractivity contribution in [2.24, 2.45) is 0 Å². The smallest absolute Gasteiger partial charge is 0.335 e. The van der Waals surface area contributed by atoms with E-state index in [0.717, 1.165) is 12.2 Å². The van der Waals surface area contributed by atoms with E-state index in [1.165, 1.54) is 38.2 Å². The molecule has 1 aromatic rings. The normalized spacial score (nSPS) is 17.7. The Morgan fingerprint density at radius 1 is 1.40 bits per heavy atom. The summed E-state index contributed by atoms with van der Waals surface area (Å²) in [5, 5.41) is 12.8. The Kier molecular flexibility index (Phi) is 5.22. The van der Waals surface area contributed by atoms with Crippen LogP contribution in [0.3, 0.4) is 0 Å². The minimum absolute atomic E-state index is 0.220. The van der Waals surface area contributed by atoms with Crippen molar-refractivity contribution in [1.82, 2.24) is 0 Å². The second-order valence-corrected chi connectivity index (χ2v) is 6.98. The van der Waals surface area contributed by atoms with Gasteiger partial charge in [0.2, 0.25) is 0 Å². The minimum Gasteiger partial charge on any atom is -0.478 e. The molecule has 20 heavy (non-hydrogen) atoms. The summed E-state index contributed by atoms with van der Waals surface area (Å²) < 4.78 is 0.285. The van der Waals surface area contributed by atoms with Crippen LogP contribution >= 0.6 is 23.4 Å². The molecule has 1 fully saturated rings. The first-order valence-corrected chi connectivity index (χ1v) is 8.48. The number of benzene rings is 1. The Balaban J connectivity index is 2.04. The van der Waals surface area contributed by atoms with Gasteiger partial charge in [-0.05, 0) is 37.3 Å². The van der Waals surface area contributed by atoms with E-state index in [4.69, 9.17) is 16.7 Å². The number of nitrogens with one attached hydrogen (secondary N) is 1. The summed E-state index contributed by atoms with van der Waals surface area (Å²) in [6.45, 7) is 0.875. The number of rotatable bonds is 5. The molecule has 0 saturated heterocycles. The lowest BCUT2D eigenvalue weighted by atomic mass is 9.88. The quantitative estimate of drug-likeness (QED) is 0.839. The van der Waals surface area contributed by atoms with Crippen LogP contribution in [0.25, 0.3) is 0 Å². The standard InChI is InChI=1S/C15H20ClNO2S/c1-20-15(7-3-2-4-8-15)10-17-13-6-5-11(14(18)19)9-12(13)16/h5-6,9,17H,2-4,7-8,10H2,1H3,(H,18,19). The molecule has 0 bridgehead atoms. The van der Waals surface area contributed by atoms with Crippen LogP contribution in [0.15, 0.2) is 18.2 Å². The molecule has 0 atom stereocenters. The Labute approximate surface area is 129 Å². The predicted octanol–water partition coefficient (Wildman–Crippen LogP) is 4.52. The van der Waals surface area contributed by atoms with Crippen LogP contribution in [0.4, 0.5) is 5.69 Å². The number of carboxylic acid groups (broad SMARTS) is 1. The third-order valence-electron chi connectivity index (χ3n) is 4.01. The highest BCUT2D eigenvalue weighted by atomic mass is 35.5. The van der Waals surface area contributed by atoms with E-state index in [0.29, 0.717) is 5.02 Å². The van der Waals surface area contributed by atoms with Gasteiger partial charge in [0.05, 0.1) is 16.3 Å². The van der Waals surface area contributed by atoms with E-state index in [2.05, 4.69) is 11.6 Å². The van der Waals surface area contributed by atoms with Crippen LogP contribution in [0.2, 0.25) is 5.02 Å². The number of aromatic carboxylic acids is 1. The van der Waals surface area contributed by atoms with E-state index in [9.17, 15) is 4.79 Å². The van der Waals surface area contributed by atoms with Gasteiger partial charge in [0, 0.05) is 11.3 Å². The molecule has 1 aliphatic carbocycles. The van der Waals surface area contributed by atoms with Gasteiger partial charge in [-0.15, -0.1) is 0 Å². The Hall–Kier alpha value is -0.870. The van der Waals surface area contributed by atoms with E-state index >= 15 is 0 Å². The van der Waals surface area contributed by atoms with Crippen molar-refractivity contribution in [2.45, 2.75) is 36.9 Å². The Morgan fingerprint density at radius 3 is 2.65 bits per heavy atom. The number of hydrogen-bond donors (Lipinski definition) is 2. The number of thioether (sulfide) groups is 1. The van der Waals surface area contributed by atoms with Crippen LogP contribution < -0.4 is 5.32 Å². The third kappa shape index (κ3) is 3.61. The second-order valence-electron chi connectivity index (χ2n) is 5.30. The van der Waals surface area contributed by atoms with Crippen LogP contribution in [0, 0.1) is 0 Å². The fourth-order valence-electron chi connectivity index (χ4n) is 2.70.